The van der Waals surface area contributed by atoms with E-state index in [1.54, 1.807) is 24.3 Å². The van der Waals surface area contributed by atoms with Crippen LogP contribution in [0.3, 0.4) is 0 Å². The summed E-state index contributed by atoms with van der Waals surface area (Å²) in [5.41, 5.74) is 4.46. The van der Waals surface area contributed by atoms with Crippen LogP contribution < -0.4 is 5.56 Å². The Morgan fingerprint density at radius 3 is 2.57 bits per heavy atom. The molecule has 0 spiro atoms. The second-order valence-electron chi connectivity index (χ2n) is 6.76. The van der Waals surface area contributed by atoms with Crippen molar-refractivity contribution in [1.29, 1.82) is 0 Å². The average Bonchev–Trinajstić information content (AvgIpc) is 3.09. The van der Waals surface area contributed by atoms with E-state index in [1.807, 2.05) is 31.4 Å². The van der Waals surface area contributed by atoms with Gasteiger partial charge in [-0.2, -0.15) is 0 Å². The lowest BCUT2D eigenvalue weighted by Crippen LogP contribution is -2.24. The minimum absolute atomic E-state index is 0.0639. The monoisotopic (exact) mass is 408 g/mol. The molecule has 0 aliphatic rings. The molecule has 4 aromatic rings. The van der Waals surface area contributed by atoms with Crippen molar-refractivity contribution in [1.82, 2.24) is 9.55 Å². The third-order valence-electron chi connectivity index (χ3n) is 4.71. The molecule has 0 saturated carbocycles. The summed E-state index contributed by atoms with van der Waals surface area (Å²) >= 11 is 7.31. The van der Waals surface area contributed by atoms with Crippen molar-refractivity contribution >= 4 is 38.9 Å². The fourth-order valence-electron chi connectivity index (χ4n) is 3.28. The number of fused-ring (bicyclic) bond motifs is 1. The van der Waals surface area contributed by atoms with Crippen molar-refractivity contribution in [2.45, 2.75) is 20.4 Å². The Bertz CT molecular complexity index is 1260. The largest absolute Gasteiger partial charge is 0.292 e. The van der Waals surface area contributed by atoms with Crippen molar-refractivity contribution in [3.8, 4) is 11.1 Å². The summed E-state index contributed by atoms with van der Waals surface area (Å²) in [6.45, 7) is 4.01. The molecule has 0 saturated heterocycles. The number of aromatic nitrogens is 2. The topological polar surface area (TPSA) is 52.0 Å². The zero-order chi connectivity index (χ0) is 19.8. The normalized spacial score (nSPS) is 11.1. The molecule has 140 valence electrons. The molecular formula is C22H17ClN2O2S. The van der Waals surface area contributed by atoms with Gasteiger partial charge in [0.1, 0.15) is 4.83 Å². The number of carbonyl (C=O) groups excluding carboxylic acids is 1. The highest BCUT2D eigenvalue weighted by Crippen LogP contribution is 2.33. The van der Waals surface area contributed by atoms with Crippen molar-refractivity contribution in [2.75, 3.05) is 0 Å². The number of halogens is 1. The molecule has 28 heavy (non-hydrogen) atoms. The summed E-state index contributed by atoms with van der Waals surface area (Å²) < 4.78 is 1.37. The second kappa shape index (κ2) is 7.34. The average molecular weight is 409 g/mol. The lowest BCUT2D eigenvalue weighted by Gasteiger charge is -2.08. The van der Waals surface area contributed by atoms with Crippen LogP contribution in [0, 0.1) is 13.8 Å². The fraction of sp³-hybridized carbons (Fsp3) is 0.136. The van der Waals surface area contributed by atoms with Crippen molar-refractivity contribution in [2.24, 2.45) is 0 Å². The van der Waals surface area contributed by atoms with E-state index in [1.165, 1.54) is 27.8 Å². The smallest absolute Gasteiger partial charge is 0.263 e. The molecule has 4 nitrogen and oxygen atoms in total. The predicted molar refractivity (Wildman–Crippen MR) is 115 cm³/mol. The fourth-order valence-corrected chi connectivity index (χ4v) is 4.30. The highest BCUT2D eigenvalue weighted by atomic mass is 35.5. The number of ketones is 1. The minimum Gasteiger partial charge on any atom is -0.292 e. The molecule has 0 amide bonds. The van der Waals surface area contributed by atoms with Gasteiger partial charge in [-0.25, -0.2) is 4.98 Å². The maximum absolute atomic E-state index is 13.1. The van der Waals surface area contributed by atoms with Crippen LogP contribution in [0.4, 0.5) is 0 Å². The van der Waals surface area contributed by atoms with E-state index in [4.69, 9.17) is 11.6 Å². The molecule has 0 aliphatic heterocycles. The summed E-state index contributed by atoms with van der Waals surface area (Å²) in [5, 5.41) is 3.08. The van der Waals surface area contributed by atoms with Gasteiger partial charge in [0, 0.05) is 21.5 Å². The zero-order valence-electron chi connectivity index (χ0n) is 15.4. The lowest BCUT2D eigenvalue weighted by molar-refractivity contribution is 0.0970. The Labute approximate surface area is 171 Å². The molecule has 0 unspecified atom stereocenters. The van der Waals surface area contributed by atoms with E-state index in [0.717, 1.165) is 16.7 Å². The predicted octanol–water partition coefficient (Wildman–Crippen LogP) is 5.28. The van der Waals surface area contributed by atoms with Crippen molar-refractivity contribution in [3.05, 3.63) is 86.2 Å². The molecule has 2 aromatic carbocycles. The zero-order valence-corrected chi connectivity index (χ0v) is 17.0. The number of Topliss-reactive ketones (excluding diaryl/α,β-unsaturated/α-hetero) is 1. The number of carbonyl (C=O) groups is 1. The molecule has 2 heterocycles. The number of thiophene rings is 1. The van der Waals surface area contributed by atoms with Crippen molar-refractivity contribution in [3.63, 3.8) is 0 Å². The van der Waals surface area contributed by atoms with Crippen LogP contribution in [0.2, 0.25) is 5.02 Å². The van der Waals surface area contributed by atoms with Crippen LogP contribution >= 0.6 is 22.9 Å². The van der Waals surface area contributed by atoms with Gasteiger partial charge in [0.2, 0.25) is 0 Å². The summed E-state index contributed by atoms with van der Waals surface area (Å²) in [5.74, 6) is -0.164. The lowest BCUT2D eigenvalue weighted by atomic mass is 9.99. The van der Waals surface area contributed by atoms with Crippen LogP contribution in [0.1, 0.15) is 21.5 Å². The molecule has 6 heteroatoms. The van der Waals surface area contributed by atoms with Gasteiger partial charge in [-0.05, 0) is 49.2 Å². The number of aryl methyl sites for hydroxylation is 2. The number of nitrogens with zero attached hydrogens (tertiary/aromatic N) is 2. The van der Waals surface area contributed by atoms with Gasteiger partial charge in [-0.15, -0.1) is 11.3 Å². The molecular weight excluding hydrogens is 392 g/mol. The second-order valence-corrected chi connectivity index (χ2v) is 8.05. The number of rotatable bonds is 4. The maximum atomic E-state index is 13.1. The van der Waals surface area contributed by atoms with Gasteiger partial charge in [0.15, 0.2) is 5.78 Å². The van der Waals surface area contributed by atoms with Crippen LogP contribution in [-0.4, -0.2) is 15.3 Å². The van der Waals surface area contributed by atoms with Crippen LogP contribution in [0.25, 0.3) is 21.3 Å². The van der Waals surface area contributed by atoms with E-state index < -0.39 is 0 Å². The quantitative estimate of drug-likeness (QED) is 0.432. The first-order valence-electron chi connectivity index (χ1n) is 8.77. The third kappa shape index (κ3) is 3.39. The van der Waals surface area contributed by atoms with Gasteiger partial charge in [0.25, 0.3) is 5.56 Å². The number of hydrogen-bond acceptors (Lipinski definition) is 4. The molecule has 0 atom stereocenters. The molecule has 0 N–H and O–H groups in total. The first-order chi connectivity index (χ1) is 13.4. The van der Waals surface area contributed by atoms with Gasteiger partial charge < -0.3 is 0 Å². The van der Waals surface area contributed by atoms with Gasteiger partial charge in [0.05, 0.1) is 18.3 Å². The first-order valence-corrected chi connectivity index (χ1v) is 10.0. The Hall–Kier alpha value is -2.76. The minimum atomic E-state index is -0.205. The van der Waals surface area contributed by atoms with Crippen LogP contribution in [0.15, 0.2) is 59.0 Å². The number of hydrogen-bond donors (Lipinski definition) is 0. The SMILES string of the molecule is Cc1ccc(-c2csc3ncn(CC(=O)c4ccc(Cl)cc4)c(=O)c23)c(C)c1. The molecule has 0 bridgehead atoms. The maximum Gasteiger partial charge on any atom is 0.263 e. The van der Waals surface area contributed by atoms with Gasteiger partial charge in [-0.1, -0.05) is 35.4 Å². The van der Waals surface area contributed by atoms with E-state index in [0.29, 0.717) is 20.8 Å². The summed E-state index contributed by atoms with van der Waals surface area (Å²) in [6, 6.07) is 12.8. The van der Waals surface area contributed by atoms with Crippen molar-refractivity contribution < 1.29 is 4.79 Å². The summed E-state index contributed by atoms with van der Waals surface area (Å²) in [6.07, 6.45) is 1.45. The number of benzene rings is 2. The molecule has 2 aromatic heterocycles. The first kappa shape index (κ1) is 18.6. The molecule has 0 fully saturated rings. The molecule has 4 rings (SSSR count). The highest BCUT2D eigenvalue weighted by Gasteiger charge is 2.16. The molecule has 0 radical (unpaired) electrons. The van der Waals surface area contributed by atoms with Crippen LogP contribution in [-0.2, 0) is 6.54 Å². The standard InChI is InChI=1S/C22H17ClN2O2S/c1-13-3-8-17(14(2)9-13)18-11-28-21-20(18)22(27)25(12-24-21)10-19(26)15-4-6-16(23)7-5-15/h3-9,11-12H,10H2,1-2H3. The van der Waals surface area contributed by atoms with Gasteiger partial charge >= 0.3 is 0 Å². The third-order valence-corrected chi connectivity index (χ3v) is 5.85. The van der Waals surface area contributed by atoms with E-state index in [9.17, 15) is 9.59 Å². The molecule has 0 aliphatic carbocycles. The van der Waals surface area contributed by atoms with E-state index in [-0.39, 0.29) is 17.9 Å². The Kier molecular flexibility index (Phi) is 4.87. The van der Waals surface area contributed by atoms with E-state index in [2.05, 4.69) is 11.1 Å². The van der Waals surface area contributed by atoms with E-state index >= 15 is 0 Å². The Morgan fingerprint density at radius 1 is 1.11 bits per heavy atom. The highest BCUT2D eigenvalue weighted by molar-refractivity contribution is 7.17. The van der Waals surface area contributed by atoms with Crippen LogP contribution in [0.5, 0.6) is 0 Å². The Balaban J connectivity index is 1.77. The Morgan fingerprint density at radius 2 is 1.86 bits per heavy atom. The van der Waals surface area contributed by atoms with Gasteiger partial charge in [-0.3, -0.25) is 14.2 Å². The summed E-state index contributed by atoms with van der Waals surface area (Å²) in [7, 11) is 0. The summed E-state index contributed by atoms with van der Waals surface area (Å²) in [4.78, 5) is 30.8.